The number of nitrogens with one attached hydrogen (secondary N) is 1. The van der Waals surface area contributed by atoms with E-state index in [0.29, 0.717) is 44.2 Å². The molecule has 0 spiro atoms. The maximum Gasteiger partial charge on any atom is 0.243 e. The Morgan fingerprint density at radius 1 is 1.25 bits per heavy atom. The van der Waals surface area contributed by atoms with Crippen LogP contribution in [0.1, 0.15) is 25.3 Å². The molecule has 0 radical (unpaired) electrons. The number of nitrogens with zero attached hydrogens (tertiary/aromatic N) is 1. The Labute approximate surface area is 170 Å². The summed E-state index contributed by atoms with van der Waals surface area (Å²) in [5.74, 6) is 0.0564. The van der Waals surface area contributed by atoms with Crippen molar-refractivity contribution < 1.29 is 22.7 Å². The number of amides is 2. The highest BCUT2D eigenvalue weighted by molar-refractivity contribution is 7.99. The fraction of sp³-hybridized carbons (Fsp3) is 0.579. The highest BCUT2D eigenvalue weighted by Gasteiger charge is 2.43. The molecule has 2 aliphatic heterocycles. The van der Waals surface area contributed by atoms with Crippen molar-refractivity contribution >= 4 is 33.4 Å². The van der Waals surface area contributed by atoms with Crippen molar-refractivity contribution in [1.29, 1.82) is 0 Å². The number of thioether (sulfide) groups is 1. The Balaban J connectivity index is 1.64. The molecule has 0 aliphatic carbocycles. The normalized spacial score (nSPS) is 22.0. The lowest BCUT2D eigenvalue weighted by molar-refractivity contribution is -0.137. The molecule has 2 heterocycles. The molecule has 2 amide bonds. The average Bonchev–Trinajstić information content (AvgIpc) is 3.22. The fourth-order valence-electron chi connectivity index (χ4n) is 3.45. The molecule has 2 aliphatic rings. The van der Waals surface area contributed by atoms with Crippen molar-refractivity contribution in [2.24, 2.45) is 0 Å². The van der Waals surface area contributed by atoms with Gasteiger partial charge in [0.15, 0.2) is 9.84 Å². The topological polar surface area (TPSA) is 92.8 Å². The predicted molar refractivity (Wildman–Crippen MR) is 108 cm³/mol. The summed E-state index contributed by atoms with van der Waals surface area (Å²) in [6, 6.07) is 8.87. The van der Waals surface area contributed by atoms with E-state index < -0.39 is 32.3 Å². The molecule has 154 valence electrons. The first kappa shape index (κ1) is 21.1. The Morgan fingerprint density at radius 3 is 2.61 bits per heavy atom. The second-order valence-corrected chi connectivity index (χ2v) is 10.6. The SMILES string of the molecule is CC(C(=O)N1CSCC1C(=O)NCc1ccccc1)S(=O)(=O)C1CCOCC1. The first-order valence-corrected chi connectivity index (χ1v) is 12.2. The van der Waals surface area contributed by atoms with Crippen LogP contribution in [0.15, 0.2) is 30.3 Å². The molecule has 3 rings (SSSR count). The monoisotopic (exact) mass is 426 g/mol. The zero-order chi connectivity index (χ0) is 20.1. The number of carbonyl (C=O) groups excluding carboxylic acids is 2. The second-order valence-electron chi connectivity index (χ2n) is 7.07. The van der Waals surface area contributed by atoms with E-state index in [1.165, 1.54) is 23.6 Å². The van der Waals surface area contributed by atoms with Gasteiger partial charge in [-0.05, 0) is 25.3 Å². The summed E-state index contributed by atoms with van der Waals surface area (Å²) in [5.41, 5.74) is 0.967. The minimum atomic E-state index is -3.62. The first-order chi connectivity index (χ1) is 13.4. The summed E-state index contributed by atoms with van der Waals surface area (Å²) in [7, 11) is -3.62. The van der Waals surface area contributed by atoms with Crippen molar-refractivity contribution in [3.05, 3.63) is 35.9 Å². The lowest BCUT2D eigenvalue weighted by Gasteiger charge is -2.29. The Morgan fingerprint density at radius 2 is 1.93 bits per heavy atom. The summed E-state index contributed by atoms with van der Waals surface area (Å²) in [4.78, 5) is 27.0. The number of benzene rings is 1. The number of hydrogen-bond acceptors (Lipinski definition) is 6. The van der Waals surface area contributed by atoms with Crippen LogP contribution in [0.5, 0.6) is 0 Å². The minimum absolute atomic E-state index is 0.252. The summed E-state index contributed by atoms with van der Waals surface area (Å²) in [6.45, 7) is 2.61. The van der Waals surface area contributed by atoms with E-state index in [9.17, 15) is 18.0 Å². The number of ether oxygens (including phenoxy) is 1. The maximum absolute atomic E-state index is 12.9. The van der Waals surface area contributed by atoms with Gasteiger partial charge in [-0.1, -0.05) is 30.3 Å². The fourth-order valence-corrected chi connectivity index (χ4v) is 6.45. The number of hydrogen-bond donors (Lipinski definition) is 1. The smallest absolute Gasteiger partial charge is 0.243 e. The zero-order valence-electron chi connectivity index (χ0n) is 15.9. The first-order valence-electron chi connectivity index (χ1n) is 9.41. The molecule has 1 aromatic rings. The molecule has 0 saturated carbocycles. The van der Waals surface area contributed by atoms with Gasteiger partial charge in [0.2, 0.25) is 11.8 Å². The Hall–Kier alpha value is -1.58. The van der Waals surface area contributed by atoms with Gasteiger partial charge in [0.05, 0.1) is 11.1 Å². The van der Waals surface area contributed by atoms with Crippen molar-refractivity contribution in [3.63, 3.8) is 0 Å². The van der Waals surface area contributed by atoms with Gasteiger partial charge in [-0.15, -0.1) is 11.8 Å². The quantitative estimate of drug-likeness (QED) is 0.735. The van der Waals surface area contributed by atoms with Gasteiger partial charge in [0.1, 0.15) is 11.3 Å². The van der Waals surface area contributed by atoms with Crippen LogP contribution in [0.3, 0.4) is 0 Å². The lowest BCUT2D eigenvalue weighted by Crippen LogP contribution is -2.52. The molecular weight excluding hydrogens is 400 g/mol. The van der Waals surface area contributed by atoms with E-state index in [-0.39, 0.29) is 5.91 Å². The van der Waals surface area contributed by atoms with Crippen molar-refractivity contribution in [3.8, 4) is 0 Å². The van der Waals surface area contributed by atoms with Crippen molar-refractivity contribution in [1.82, 2.24) is 10.2 Å². The minimum Gasteiger partial charge on any atom is -0.381 e. The van der Waals surface area contributed by atoms with Gasteiger partial charge in [-0.2, -0.15) is 0 Å². The number of carbonyl (C=O) groups is 2. The summed E-state index contributed by atoms with van der Waals surface area (Å²) < 4.78 is 31.0. The third-order valence-corrected chi connectivity index (χ3v) is 8.85. The van der Waals surface area contributed by atoms with E-state index in [0.717, 1.165) is 5.56 Å². The number of rotatable bonds is 6. The molecular formula is C19H26N2O5S2. The van der Waals surface area contributed by atoms with Gasteiger partial charge in [-0.3, -0.25) is 9.59 Å². The van der Waals surface area contributed by atoms with Crippen LogP contribution in [-0.2, 0) is 30.7 Å². The van der Waals surface area contributed by atoms with Gasteiger partial charge in [-0.25, -0.2) is 8.42 Å². The van der Waals surface area contributed by atoms with E-state index in [1.54, 1.807) is 0 Å². The maximum atomic E-state index is 12.9. The van der Waals surface area contributed by atoms with Gasteiger partial charge >= 0.3 is 0 Å². The van der Waals surface area contributed by atoms with Gasteiger partial charge in [0, 0.05) is 25.5 Å². The van der Waals surface area contributed by atoms with E-state index in [2.05, 4.69) is 5.32 Å². The molecule has 7 nitrogen and oxygen atoms in total. The third kappa shape index (κ3) is 4.69. The van der Waals surface area contributed by atoms with E-state index in [1.807, 2.05) is 30.3 Å². The molecule has 2 atom stereocenters. The van der Waals surface area contributed by atoms with Crippen LogP contribution >= 0.6 is 11.8 Å². The number of sulfone groups is 1. The van der Waals surface area contributed by atoms with Crippen LogP contribution in [0.25, 0.3) is 0 Å². The van der Waals surface area contributed by atoms with Gasteiger partial charge in [0.25, 0.3) is 0 Å². The van der Waals surface area contributed by atoms with Crippen LogP contribution < -0.4 is 5.32 Å². The highest BCUT2D eigenvalue weighted by Crippen LogP contribution is 2.26. The molecule has 1 aromatic carbocycles. The van der Waals surface area contributed by atoms with E-state index in [4.69, 9.17) is 4.74 Å². The lowest BCUT2D eigenvalue weighted by atomic mass is 10.2. The molecule has 0 bridgehead atoms. The Bertz CT molecular complexity index is 794. The molecule has 2 fully saturated rings. The third-order valence-electron chi connectivity index (χ3n) is 5.25. The van der Waals surface area contributed by atoms with E-state index >= 15 is 0 Å². The van der Waals surface area contributed by atoms with Crippen LogP contribution in [-0.4, -0.2) is 66.5 Å². The molecule has 2 saturated heterocycles. The summed E-state index contributed by atoms with van der Waals surface area (Å²) >= 11 is 1.46. The molecule has 2 unspecified atom stereocenters. The summed E-state index contributed by atoms with van der Waals surface area (Å²) in [5, 5.41) is 1.15. The average molecular weight is 427 g/mol. The zero-order valence-corrected chi connectivity index (χ0v) is 17.5. The van der Waals surface area contributed by atoms with Crippen LogP contribution in [0.2, 0.25) is 0 Å². The van der Waals surface area contributed by atoms with Crippen molar-refractivity contribution in [2.75, 3.05) is 24.8 Å². The molecule has 9 heteroatoms. The summed E-state index contributed by atoms with van der Waals surface area (Å²) in [6.07, 6.45) is 0.825. The standard InChI is InChI=1S/C19H26N2O5S2/c1-14(28(24,25)16-7-9-26-10-8-16)19(23)21-13-27-12-17(21)18(22)20-11-15-5-3-2-4-6-15/h2-6,14,16-17H,7-13H2,1H3,(H,20,22). The van der Waals surface area contributed by atoms with Crippen LogP contribution in [0.4, 0.5) is 0 Å². The van der Waals surface area contributed by atoms with Gasteiger partial charge < -0.3 is 15.0 Å². The predicted octanol–water partition coefficient (Wildman–Crippen LogP) is 1.19. The highest BCUT2D eigenvalue weighted by atomic mass is 32.2. The Kier molecular flexibility index (Phi) is 7.00. The largest absolute Gasteiger partial charge is 0.381 e. The van der Waals surface area contributed by atoms with Crippen molar-refractivity contribution in [2.45, 2.75) is 42.9 Å². The molecule has 28 heavy (non-hydrogen) atoms. The second kappa shape index (κ2) is 9.28. The molecule has 0 aromatic heterocycles. The molecule has 1 N–H and O–H groups in total. The van der Waals surface area contributed by atoms with Crippen LogP contribution in [0, 0.1) is 0 Å².